The molecule has 1 heterocycles. The standard InChI is InChI=1S/C17H24BrNO/c1-19-16(9-12-5-3-2-4-6-12)15-11-14(18)10-13-7-8-20-17(13)15/h10-12,16,19H,2-9H2,1H3. The van der Waals surface area contributed by atoms with Crippen LogP contribution in [-0.2, 0) is 6.42 Å². The summed E-state index contributed by atoms with van der Waals surface area (Å²) in [5.74, 6) is 2.01. The largest absolute Gasteiger partial charge is 0.493 e. The van der Waals surface area contributed by atoms with Crippen molar-refractivity contribution in [2.45, 2.75) is 51.0 Å². The van der Waals surface area contributed by atoms with E-state index in [4.69, 9.17) is 4.74 Å². The van der Waals surface area contributed by atoms with Crippen molar-refractivity contribution in [1.29, 1.82) is 0 Å². The molecular formula is C17H24BrNO. The quantitative estimate of drug-likeness (QED) is 0.865. The highest BCUT2D eigenvalue weighted by Crippen LogP contribution is 2.40. The zero-order valence-corrected chi connectivity index (χ0v) is 13.8. The van der Waals surface area contributed by atoms with Gasteiger partial charge in [0.1, 0.15) is 5.75 Å². The molecule has 20 heavy (non-hydrogen) atoms. The molecule has 1 aliphatic carbocycles. The van der Waals surface area contributed by atoms with E-state index in [1.165, 1.54) is 54.1 Å². The minimum atomic E-state index is 0.419. The Labute approximate surface area is 130 Å². The Morgan fingerprint density at radius 2 is 2.10 bits per heavy atom. The average Bonchev–Trinajstić information content (AvgIpc) is 2.93. The molecule has 1 aliphatic heterocycles. The van der Waals surface area contributed by atoms with Gasteiger partial charge < -0.3 is 10.1 Å². The molecule has 1 atom stereocenters. The predicted molar refractivity (Wildman–Crippen MR) is 86.3 cm³/mol. The van der Waals surface area contributed by atoms with Crippen LogP contribution in [0.25, 0.3) is 0 Å². The minimum absolute atomic E-state index is 0.419. The molecule has 3 rings (SSSR count). The molecule has 0 saturated heterocycles. The van der Waals surface area contributed by atoms with Crippen molar-refractivity contribution in [3.05, 3.63) is 27.7 Å². The van der Waals surface area contributed by atoms with Crippen molar-refractivity contribution in [2.75, 3.05) is 13.7 Å². The number of halogens is 1. The van der Waals surface area contributed by atoms with Gasteiger partial charge in [-0.3, -0.25) is 0 Å². The van der Waals surface area contributed by atoms with Gasteiger partial charge in [-0.1, -0.05) is 48.0 Å². The molecule has 0 bridgehead atoms. The van der Waals surface area contributed by atoms with Crippen LogP contribution in [0.4, 0.5) is 0 Å². The molecule has 1 saturated carbocycles. The van der Waals surface area contributed by atoms with E-state index in [1.807, 2.05) is 0 Å². The van der Waals surface area contributed by atoms with Crippen molar-refractivity contribution in [1.82, 2.24) is 5.32 Å². The first-order valence-electron chi connectivity index (χ1n) is 7.90. The summed E-state index contributed by atoms with van der Waals surface area (Å²) in [5.41, 5.74) is 2.71. The van der Waals surface area contributed by atoms with Gasteiger partial charge in [-0.25, -0.2) is 0 Å². The molecule has 110 valence electrons. The molecule has 2 nitrogen and oxygen atoms in total. The van der Waals surface area contributed by atoms with E-state index >= 15 is 0 Å². The zero-order valence-electron chi connectivity index (χ0n) is 12.3. The molecule has 2 aliphatic rings. The fraction of sp³-hybridized carbons (Fsp3) is 0.647. The van der Waals surface area contributed by atoms with Gasteiger partial charge in [0.15, 0.2) is 0 Å². The normalized spacial score (nSPS) is 20.5. The lowest BCUT2D eigenvalue weighted by molar-refractivity contribution is 0.298. The molecule has 1 N–H and O–H groups in total. The van der Waals surface area contributed by atoms with Crippen LogP contribution >= 0.6 is 15.9 Å². The average molecular weight is 338 g/mol. The topological polar surface area (TPSA) is 21.3 Å². The maximum atomic E-state index is 5.90. The van der Waals surface area contributed by atoms with Crippen LogP contribution in [0.2, 0.25) is 0 Å². The summed E-state index contributed by atoms with van der Waals surface area (Å²) in [5, 5.41) is 3.52. The van der Waals surface area contributed by atoms with E-state index in [-0.39, 0.29) is 0 Å². The molecule has 0 amide bonds. The summed E-state index contributed by atoms with van der Waals surface area (Å²) < 4.78 is 7.08. The molecule has 1 fully saturated rings. The number of hydrogen-bond acceptors (Lipinski definition) is 2. The summed E-state index contributed by atoms with van der Waals surface area (Å²) in [6, 6.07) is 4.87. The third kappa shape index (κ3) is 3.04. The predicted octanol–water partition coefficient (Wildman–Crippen LogP) is 4.61. The Bertz CT molecular complexity index is 468. The van der Waals surface area contributed by atoms with E-state index in [0.29, 0.717) is 6.04 Å². The lowest BCUT2D eigenvalue weighted by Gasteiger charge is -2.27. The number of hydrogen-bond donors (Lipinski definition) is 1. The molecule has 1 aromatic carbocycles. The van der Waals surface area contributed by atoms with Gasteiger partial charge in [0.05, 0.1) is 6.61 Å². The van der Waals surface area contributed by atoms with Crippen LogP contribution in [0.5, 0.6) is 5.75 Å². The molecule has 1 aromatic rings. The van der Waals surface area contributed by atoms with Gasteiger partial charge in [0.2, 0.25) is 0 Å². The highest BCUT2D eigenvalue weighted by Gasteiger charge is 2.25. The molecule has 0 spiro atoms. The van der Waals surface area contributed by atoms with Crippen LogP contribution in [0.15, 0.2) is 16.6 Å². The van der Waals surface area contributed by atoms with E-state index < -0.39 is 0 Å². The Kier molecular flexibility index (Phi) is 4.67. The smallest absolute Gasteiger partial charge is 0.127 e. The Morgan fingerprint density at radius 3 is 2.85 bits per heavy atom. The van der Waals surface area contributed by atoms with Crippen LogP contribution < -0.4 is 10.1 Å². The van der Waals surface area contributed by atoms with Crippen molar-refractivity contribution >= 4 is 15.9 Å². The van der Waals surface area contributed by atoms with Crippen molar-refractivity contribution in [2.24, 2.45) is 5.92 Å². The maximum Gasteiger partial charge on any atom is 0.127 e. The molecular weight excluding hydrogens is 314 g/mol. The third-order valence-corrected chi connectivity index (χ3v) is 5.25. The SMILES string of the molecule is CNC(CC1CCCCC1)c1cc(Br)cc2c1OCC2. The van der Waals surface area contributed by atoms with E-state index in [0.717, 1.165) is 24.7 Å². The first-order valence-corrected chi connectivity index (χ1v) is 8.69. The van der Waals surface area contributed by atoms with Gasteiger partial charge >= 0.3 is 0 Å². The lowest BCUT2D eigenvalue weighted by atomic mass is 9.83. The summed E-state index contributed by atoms with van der Waals surface area (Å²) in [6.07, 6.45) is 9.33. The Morgan fingerprint density at radius 1 is 1.30 bits per heavy atom. The number of benzene rings is 1. The van der Waals surface area contributed by atoms with Crippen molar-refractivity contribution in [3.63, 3.8) is 0 Å². The van der Waals surface area contributed by atoms with Crippen molar-refractivity contribution in [3.8, 4) is 5.75 Å². The summed E-state index contributed by atoms with van der Waals surface area (Å²) >= 11 is 3.66. The highest BCUT2D eigenvalue weighted by atomic mass is 79.9. The molecule has 0 aromatic heterocycles. The van der Waals surface area contributed by atoms with Crippen LogP contribution in [0.1, 0.15) is 55.7 Å². The summed E-state index contributed by atoms with van der Waals surface area (Å²) in [6.45, 7) is 0.832. The lowest BCUT2D eigenvalue weighted by Crippen LogP contribution is -2.21. The number of ether oxygens (including phenoxy) is 1. The summed E-state index contributed by atoms with van der Waals surface area (Å²) in [4.78, 5) is 0. The first kappa shape index (κ1) is 14.4. The van der Waals surface area contributed by atoms with Gasteiger partial charge in [-0.15, -0.1) is 0 Å². The third-order valence-electron chi connectivity index (χ3n) is 4.79. The van der Waals surface area contributed by atoms with E-state index in [1.54, 1.807) is 0 Å². The van der Waals surface area contributed by atoms with Crippen molar-refractivity contribution < 1.29 is 4.74 Å². The van der Waals surface area contributed by atoms with Gasteiger partial charge in [0, 0.05) is 22.5 Å². The fourth-order valence-corrected chi connectivity index (χ4v) is 4.24. The second-order valence-electron chi connectivity index (χ2n) is 6.16. The van der Waals surface area contributed by atoms with Gasteiger partial charge in [0.25, 0.3) is 0 Å². The minimum Gasteiger partial charge on any atom is -0.493 e. The monoisotopic (exact) mass is 337 g/mol. The number of fused-ring (bicyclic) bond motifs is 1. The van der Waals surface area contributed by atoms with Crippen LogP contribution in [0.3, 0.4) is 0 Å². The van der Waals surface area contributed by atoms with Crippen LogP contribution in [0, 0.1) is 5.92 Å². The number of rotatable bonds is 4. The van der Waals surface area contributed by atoms with Gasteiger partial charge in [-0.2, -0.15) is 0 Å². The fourth-order valence-electron chi connectivity index (χ4n) is 3.71. The van der Waals surface area contributed by atoms with Crippen LogP contribution in [-0.4, -0.2) is 13.7 Å². The molecule has 3 heteroatoms. The Balaban J connectivity index is 1.81. The second kappa shape index (κ2) is 6.48. The Hall–Kier alpha value is -0.540. The number of nitrogens with one attached hydrogen (secondary N) is 1. The van der Waals surface area contributed by atoms with E-state index in [2.05, 4.69) is 40.4 Å². The first-order chi connectivity index (χ1) is 9.78. The molecule has 1 unspecified atom stereocenters. The van der Waals surface area contributed by atoms with Gasteiger partial charge in [-0.05, 0) is 37.1 Å². The maximum absolute atomic E-state index is 5.90. The second-order valence-corrected chi connectivity index (χ2v) is 7.08. The molecule has 0 radical (unpaired) electrons. The van der Waals surface area contributed by atoms with E-state index in [9.17, 15) is 0 Å². The highest BCUT2D eigenvalue weighted by molar-refractivity contribution is 9.10. The summed E-state index contributed by atoms with van der Waals surface area (Å²) in [7, 11) is 2.08. The zero-order chi connectivity index (χ0) is 13.9.